The van der Waals surface area contributed by atoms with Crippen LogP contribution in [-0.4, -0.2) is 40.8 Å². The molecule has 6 nitrogen and oxygen atoms in total. The van der Waals surface area contributed by atoms with Crippen molar-refractivity contribution < 1.29 is 14.1 Å². The number of carbonyl (C=O) groups is 2. The van der Waals surface area contributed by atoms with Gasteiger partial charge in [0.25, 0.3) is 11.7 Å². The van der Waals surface area contributed by atoms with Crippen molar-refractivity contribution in [3.63, 3.8) is 0 Å². The van der Waals surface area contributed by atoms with E-state index in [0.29, 0.717) is 33.7 Å². The fourth-order valence-electron chi connectivity index (χ4n) is 3.50. The third-order valence-electron chi connectivity index (χ3n) is 4.94. The Balaban J connectivity index is 2.03. The Labute approximate surface area is 168 Å². The van der Waals surface area contributed by atoms with Crippen LogP contribution in [0, 0.1) is 13.8 Å². The third-order valence-corrected chi connectivity index (χ3v) is 4.94. The van der Waals surface area contributed by atoms with Crippen LogP contribution in [-0.2, 0) is 4.79 Å². The van der Waals surface area contributed by atoms with E-state index in [2.05, 4.69) is 10.1 Å². The van der Waals surface area contributed by atoms with Gasteiger partial charge in [0.05, 0.1) is 16.8 Å². The van der Waals surface area contributed by atoms with Gasteiger partial charge in [-0.1, -0.05) is 47.1 Å². The van der Waals surface area contributed by atoms with Crippen LogP contribution < -0.4 is 0 Å². The first kappa shape index (κ1) is 18.7. The Morgan fingerprint density at radius 3 is 2.45 bits per heavy atom. The van der Waals surface area contributed by atoms with Crippen LogP contribution in [0.3, 0.4) is 0 Å². The SMILES string of the molecule is Cc1ccc2[nH]c(-c3c(-c4ccccc4)noc3C)c(C(=O)C(=O)N(C)C)c2c1. The molecule has 29 heavy (non-hydrogen) atoms. The maximum absolute atomic E-state index is 13.2. The molecule has 4 aromatic rings. The Hall–Kier alpha value is -3.67. The first-order valence-corrected chi connectivity index (χ1v) is 9.29. The smallest absolute Gasteiger partial charge is 0.294 e. The zero-order chi connectivity index (χ0) is 20.7. The van der Waals surface area contributed by atoms with Gasteiger partial charge in [-0.2, -0.15) is 0 Å². The molecular formula is C23H21N3O3. The number of hydrogen-bond donors (Lipinski definition) is 1. The van der Waals surface area contributed by atoms with E-state index >= 15 is 0 Å². The van der Waals surface area contributed by atoms with Crippen molar-refractivity contribution in [2.75, 3.05) is 14.1 Å². The van der Waals surface area contributed by atoms with Gasteiger partial charge in [-0.25, -0.2) is 0 Å². The fraction of sp³-hybridized carbons (Fsp3) is 0.174. The van der Waals surface area contributed by atoms with Crippen LogP contribution >= 0.6 is 0 Å². The quantitative estimate of drug-likeness (QED) is 0.416. The van der Waals surface area contributed by atoms with Crippen molar-refractivity contribution in [1.82, 2.24) is 15.0 Å². The molecule has 0 fully saturated rings. The van der Waals surface area contributed by atoms with Gasteiger partial charge in [0, 0.05) is 30.6 Å². The highest BCUT2D eigenvalue weighted by Crippen LogP contribution is 2.39. The summed E-state index contributed by atoms with van der Waals surface area (Å²) in [5.74, 6) is -0.580. The number of hydrogen-bond acceptors (Lipinski definition) is 4. The van der Waals surface area contributed by atoms with Gasteiger partial charge in [0.2, 0.25) is 0 Å². The summed E-state index contributed by atoms with van der Waals surface area (Å²) < 4.78 is 5.49. The molecule has 0 atom stereocenters. The standard InChI is InChI=1S/C23H21N3O3/c1-13-10-11-17-16(12-13)19(22(27)23(28)26(3)4)21(24-17)18-14(2)29-25-20(18)15-8-6-5-7-9-15/h5-12,24H,1-4H3. The van der Waals surface area contributed by atoms with Crippen LogP contribution in [0.15, 0.2) is 53.1 Å². The molecule has 0 spiro atoms. The van der Waals surface area contributed by atoms with Crippen LogP contribution in [0.5, 0.6) is 0 Å². The largest absolute Gasteiger partial charge is 0.360 e. The average Bonchev–Trinajstić information content (AvgIpc) is 3.27. The molecule has 0 aliphatic carbocycles. The van der Waals surface area contributed by atoms with Crippen molar-refractivity contribution in [1.29, 1.82) is 0 Å². The number of aromatic nitrogens is 2. The molecule has 4 rings (SSSR count). The van der Waals surface area contributed by atoms with Gasteiger partial charge in [-0.3, -0.25) is 9.59 Å². The summed E-state index contributed by atoms with van der Waals surface area (Å²) >= 11 is 0. The first-order chi connectivity index (χ1) is 13.9. The summed E-state index contributed by atoms with van der Waals surface area (Å²) in [6.45, 7) is 3.75. The monoisotopic (exact) mass is 387 g/mol. The molecule has 1 N–H and O–H groups in total. The van der Waals surface area contributed by atoms with Crippen LogP contribution in [0.1, 0.15) is 21.7 Å². The number of ketones is 1. The first-order valence-electron chi connectivity index (χ1n) is 9.29. The number of carbonyl (C=O) groups excluding carboxylic acids is 2. The van der Waals surface area contributed by atoms with E-state index in [4.69, 9.17) is 4.52 Å². The summed E-state index contributed by atoms with van der Waals surface area (Å²) in [7, 11) is 3.14. The molecule has 1 amide bonds. The van der Waals surface area contributed by atoms with Gasteiger partial charge >= 0.3 is 0 Å². The second-order valence-electron chi connectivity index (χ2n) is 7.28. The predicted octanol–water partition coefficient (Wildman–Crippen LogP) is 4.38. The van der Waals surface area contributed by atoms with Crippen molar-refractivity contribution in [2.24, 2.45) is 0 Å². The van der Waals surface area contributed by atoms with Gasteiger partial charge in [0.1, 0.15) is 11.5 Å². The van der Waals surface area contributed by atoms with Crippen LogP contribution in [0.2, 0.25) is 0 Å². The van der Waals surface area contributed by atoms with E-state index in [-0.39, 0.29) is 0 Å². The number of benzene rings is 2. The number of nitrogens with zero attached hydrogens (tertiary/aromatic N) is 2. The van der Waals surface area contributed by atoms with E-state index in [1.807, 2.05) is 55.5 Å². The van der Waals surface area contributed by atoms with E-state index < -0.39 is 11.7 Å². The third kappa shape index (κ3) is 3.12. The summed E-state index contributed by atoms with van der Waals surface area (Å²) in [5.41, 5.74) is 4.83. The molecule has 6 heteroatoms. The number of rotatable bonds is 4. The molecule has 0 radical (unpaired) electrons. The molecule has 0 saturated carbocycles. The van der Waals surface area contributed by atoms with Crippen molar-refractivity contribution in [2.45, 2.75) is 13.8 Å². The Bertz CT molecular complexity index is 1230. The number of H-pyrrole nitrogens is 1. The highest BCUT2D eigenvalue weighted by atomic mass is 16.5. The number of amides is 1. The lowest BCUT2D eigenvalue weighted by atomic mass is 9.97. The number of likely N-dealkylation sites (N-methyl/N-ethyl adjacent to an activating group) is 1. The van der Waals surface area contributed by atoms with E-state index in [9.17, 15) is 9.59 Å². The maximum Gasteiger partial charge on any atom is 0.294 e. The lowest BCUT2D eigenvalue weighted by Gasteiger charge is -2.10. The van der Waals surface area contributed by atoms with Crippen molar-refractivity contribution in [3.8, 4) is 22.5 Å². The minimum Gasteiger partial charge on any atom is -0.360 e. The summed E-state index contributed by atoms with van der Waals surface area (Å²) in [4.78, 5) is 30.4. The molecule has 2 aromatic heterocycles. The summed E-state index contributed by atoms with van der Waals surface area (Å²) in [6.07, 6.45) is 0. The van der Waals surface area contributed by atoms with Crippen LogP contribution in [0.25, 0.3) is 33.4 Å². The van der Waals surface area contributed by atoms with Gasteiger partial charge in [0.15, 0.2) is 0 Å². The van der Waals surface area contributed by atoms with E-state index in [1.54, 1.807) is 21.0 Å². The molecule has 0 aliphatic heterocycles. The summed E-state index contributed by atoms with van der Waals surface area (Å²) in [5, 5.41) is 4.94. The fourth-order valence-corrected chi connectivity index (χ4v) is 3.50. The minimum absolute atomic E-state index is 0.339. The lowest BCUT2D eigenvalue weighted by molar-refractivity contribution is -0.124. The van der Waals surface area contributed by atoms with Crippen molar-refractivity contribution in [3.05, 3.63) is 65.4 Å². The highest BCUT2D eigenvalue weighted by molar-refractivity contribution is 6.46. The number of nitrogens with one attached hydrogen (secondary N) is 1. The zero-order valence-electron chi connectivity index (χ0n) is 16.7. The molecule has 0 saturated heterocycles. The minimum atomic E-state index is -0.580. The highest BCUT2D eigenvalue weighted by Gasteiger charge is 2.30. The van der Waals surface area contributed by atoms with E-state index in [1.165, 1.54) is 4.90 Å². The number of fused-ring (bicyclic) bond motifs is 1. The average molecular weight is 387 g/mol. The topological polar surface area (TPSA) is 79.2 Å². The molecular weight excluding hydrogens is 366 g/mol. The van der Waals surface area contributed by atoms with Gasteiger partial charge in [-0.05, 0) is 26.0 Å². The number of aromatic amines is 1. The van der Waals surface area contributed by atoms with Crippen molar-refractivity contribution >= 4 is 22.6 Å². The Kier molecular flexibility index (Phi) is 4.54. The van der Waals surface area contributed by atoms with Gasteiger partial charge in [-0.15, -0.1) is 0 Å². The maximum atomic E-state index is 13.2. The molecule has 0 unspecified atom stereocenters. The second kappa shape index (κ2) is 7.05. The summed E-state index contributed by atoms with van der Waals surface area (Å²) in [6, 6.07) is 15.4. The molecule has 2 aromatic carbocycles. The zero-order valence-corrected chi connectivity index (χ0v) is 16.7. The number of Topliss-reactive ketones (excluding diaryl/α,β-unsaturated/α-hetero) is 1. The second-order valence-corrected chi connectivity index (χ2v) is 7.28. The number of aryl methyl sites for hydroxylation is 2. The Morgan fingerprint density at radius 1 is 1.03 bits per heavy atom. The molecule has 0 bridgehead atoms. The molecule has 146 valence electrons. The molecule has 2 heterocycles. The predicted molar refractivity (Wildman–Crippen MR) is 112 cm³/mol. The Morgan fingerprint density at radius 2 is 1.76 bits per heavy atom. The van der Waals surface area contributed by atoms with E-state index in [0.717, 1.165) is 16.6 Å². The lowest BCUT2D eigenvalue weighted by Crippen LogP contribution is -2.30. The van der Waals surface area contributed by atoms with Crippen LogP contribution in [0.4, 0.5) is 0 Å². The normalized spacial score (nSPS) is 11.0. The molecule has 0 aliphatic rings. The van der Waals surface area contributed by atoms with Gasteiger partial charge < -0.3 is 14.4 Å².